The number of nitrogens with one attached hydrogen (secondary N) is 2. The molecule has 1 amide bonds. The molecule has 2 rings (SSSR count). The third kappa shape index (κ3) is 5.21. The lowest BCUT2D eigenvalue weighted by Gasteiger charge is -2.22. The van der Waals surface area contributed by atoms with Crippen LogP contribution in [-0.2, 0) is 4.79 Å². The monoisotopic (exact) mass is 276 g/mol. The van der Waals surface area contributed by atoms with Gasteiger partial charge in [-0.05, 0) is 44.4 Å². The van der Waals surface area contributed by atoms with Gasteiger partial charge in [-0.25, -0.2) is 0 Å². The second-order valence-electron chi connectivity index (χ2n) is 5.16. The van der Waals surface area contributed by atoms with E-state index in [0.717, 1.165) is 44.5 Å². The molecular formula is C16H24N2O2. The second-order valence-corrected chi connectivity index (χ2v) is 5.16. The van der Waals surface area contributed by atoms with Crippen LogP contribution >= 0.6 is 0 Å². The fourth-order valence-corrected chi connectivity index (χ4v) is 2.34. The molecule has 1 saturated heterocycles. The van der Waals surface area contributed by atoms with Crippen molar-refractivity contribution in [2.75, 3.05) is 19.7 Å². The van der Waals surface area contributed by atoms with E-state index in [1.807, 2.05) is 30.3 Å². The van der Waals surface area contributed by atoms with Crippen LogP contribution in [0, 0.1) is 0 Å². The van der Waals surface area contributed by atoms with Crippen LogP contribution in [0.2, 0.25) is 0 Å². The normalized spacial score (nSPS) is 18.5. The molecule has 1 aromatic rings. The van der Waals surface area contributed by atoms with E-state index in [2.05, 4.69) is 10.6 Å². The van der Waals surface area contributed by atoms with Gasteiger partial charge >= 0.3 is 0 Å². The number of piperidine rings is 1. The lowest BCUT2D eigenvalue weighted by atomic mass is 10.0. The van der Waals surface area contributed by atoms with Crippen LogP contribution in [0.3, 0.4) is 0 Å². The van der Waals surface area contributed by atoms with E-state index in [9.17, 15) is 4.79 Å². The minimum absolute atomic E-state index is 0.0179. The average Bonchev–Trinajstić information content (AvgIpc) is 2.52. The van der Waals surface area contributed by atoms with E-state index < -0.39 is 0 Å². The smallest absolute Gasteiger partial charge is 0.237 e. The summed E-state index contributed by atoms with van der Waals surface area (Å²) >= 11 is 0. The van der Waals surface area contributed by atoms with Crippen molar-refractivity contribution in [3.63, 3.8) is 0 Å². The Hall–Kier alpha value is -1.55. The zero-order chi connectivity index (χ0) is 14.0. The number of hydrogen-bond acceptors (Lipinski definition) is 3. The summed E-state index contributed by atoms with van der Waals surface area (Å²) in [5.41, 5.74) is 0. The third-order valence-electron chi connectivity index (χ3n) is 3.51. The highest BCUT2D eigenvalue weighted by molar-refractivity contribution is 5.81. The van der Waals surface area contributed by atoms with E-state index in [1.54, 1.807) is 0 Å². The number of hydrogen-bond donors (Lipinski definition) is 2. The lowest BCUT2D eigenvalue weighted by Crippen LogP contribution is -2.46. The molecule has 0 aliphatic carbocycles. The maximum Gasteiger partial charge on any atom is 0.237 e. The molecule has 0 bridgehead atoms. The van der Waals surface area contributed by atoms with Crippen molar-refractivity contribution >= 4 is 5.91 Å². The molecule has 1 aromatic carbocycles. The summed E-state index contributed by atoms with van der Waals surface area (Å²) in [4.78, 5) is 11.8. The largest absolute Gasteiger partial charge is 0.494 e. The molecule has 1 fully saturated rings. The van der Waals surface area contributed by atoms with Gasteiger partial charge in [0, 0.05) is 6.54 Å². The molecule has 2 N–H and O–H groups in total. The molecule has 20 heavy (non-hydrogen) atoms. The van der Waals surface area contributed by atoms with Gasteiger partial charge in [-0.15, -0.1) is 0 Å². The number of para-hydroxylation sites is 1. The van der Waals surface area contributed by atoms with E-state index in [4.69, 9.17) is 4.74 Å². The fraction of sp³-hybridized carbons (Fsp3) is 0.562. The molecule has 0 unspecified atom stereocenters. The Morgan fingerprint density at radius 3 is 2.85 bits per heavy atom. The van der Waals surface area contributed by atoms with Gasteiger partial charge in [0.2, 0.25) is 5.91 Å². The SMILES string of the molecule is O=C(NCCCCOc1ccccc1)[C@@H]1CCCCN1. The Morgan fingerprint density at radius 2 is 2.10 bits per heavy atom. The minimum Gasteiger partial charge on any atom is -0.494 e. The first-order chi connectivity index (χ1) is 9.86. The van der Waals surface area contributed by atoms with Gasteiger partial charge < -0.3 is 15.4 Å². The van der Waals surface area contributed by atoms with Crippen LogP contribution in [-0.4, -0.2) is 31.6 Å². The van der Waals surface area contributed by atoms with Crippen LogP contribution in [0.15, 0.2) is 30.3 Å². The fourth-order valence-electron chi connectivity index (χ4n) is 2.34. The lowest BCUT2D eigenvalue weighted by molar-refractivity contribution is -0.123. The second kappa shape index (κ2) is 8.59. The van der Waals surface area contributed by atoms with Crippen LogP contribution in [0.25, 0.3) is 0 Å². The van der Waals surface area contributed by atoms with Crippen molar-refractivity contribution < 1.29 is 9.53 Å². The van der Waals surface area contributed by atoms with Gasteiger partial charge in [0.1, 0.15) is 5.75 Å². The molecule has 0 spiro atoms. The van der Waals surface area contributed by atoms with Crippen molar-refractivity contribution in [1.82, 2.24) is 10.6 Å². The van der Waals surface area contributed by atoms with Crippen molar-refractivity contribution in [3.8, 4) is 5.75 Å². The molecule has 4 nitrogen and oxygen atoms in total. The van der Waals surface area contributed by atoms with Gasteiger partial charge in [0.15, 0.2) is 0 Å². The number of benzene rings is 1. The number of carbonyl (C=O) groups excluding carboxylic acids is 1. The third-order valence-corrected chi connectivity index (χ3v) is 3.51. The quantitative estimate of drug-likeness (QED) is 0.750. The summed E-state index contributed by atoms with van der Waals surface area (Å²) in [6.45, 7) is 2.39. The van der Waals surface area contributed by atoms with Crippen molar-refractivity contribution in [2.45, 2.75) is 38.1 Å². The molecule has 1 atom stereocenters. The molecule has 110 valence electrons. The number of rotatable bonds is 7. The van der Waals surface area contributed by atoms with Gasteiger partial charge in [-0.1, -0.05) is 24.6 Å². The first kappa shape index (κ1) is 14.9. The molecule has 0 aromatic heterocycles. The standard InChI is InChI=1S/C16H24N2O2/c19-16(15-10-4-5-11-17-15)18-12-6-7-13-20-14-8-2-1-3-9-14/h1-3,8-9,15,17H,4-7,10-13H2,(H,18,19)/t15-/m0/s1. The van der Waals surface area contributed by atoms with Crippen LogP contribution in [0.4, 0.5) is 0 Å². The minimum atomic E-state index is 0.0179. The number of carbonyl (C=O) groups is 1. The predicted octanol–water partition coefficient (Wildman–Crippen LogP) is 2.10. The highest BCUT2D eigenvalue weighted by atomic mass is 16.5. The summed E-state index contributed by atoms with van der Waals surface area (Å²) < 4.78 is 5.60. The Bertz CT molecular complexity index is 389. The van der Waals surface area contributed by atoms with Gasteiger partial charge in [-0.3, -0.25) is 4.79 Å². The summed E-state index contributed by atoms with van der Waals surface area (Å²) in [6, 6.07) is 9.83. The molecule has 0 radical (unpaired) electrons. The van der Waals surface area contributed by atoms with E-state index in [0.29, 0.717) is 6.61 Å². The van der Waals surface area contributed by atoms with Crippen molar-refractivity contribution in [2.24, 2.45) is 0 Å². The van der Waals surface area contributed by atoms with E-state index in [1.165, 1.54) is 6.42 Å². The maximum atomic E-state index is 11.8. The highest BCUT2D eigenvalue weighted by Gasteiger charge is 2.19. The van der Waals surface area contributed by atoms with E-state index in [-0.39, 0.29) is 11.9 Å². The van der Waals surface area contributed by atoms with Crippen molar-refractivity contribution in [1.29, 1.82) is 0 Å². The predicted molar refractivity (Wildman–Crippen MR) is 79.8 cm³/mol. The van der Waals surface area contributed by atoms with Gasteiger partial charge in [0.05, 0.1) is 12.6 Å². The summed E-state index contributed by atoms with van der Waals surface area (Å²) in [7, 11) is 0. The van der Waals surface area contributed by atoms with Gasteiger partial charge in [0.25, 0.3) is 0 Å². The topological polar surface area (TPSA) is 50.4 Å². The van der Waals surface area contributed by atoms with Crippen LogP contribution < -0.4 is 15.4 Å². The first-order valence-corrected chi connectivity index (χ1v) is 7.55. The molecule has 1 aliphatic rings. The molecular weight excluding hydrogens is 252 g/mol. The van der Waals surface area contributed by atoms with E-state index >= 15 is 0 Å². The van der Waals surface area contributed by atoms with Crippen molar-refractivity contribution in [3.05, 3.63) is 30.3 Å². The summed E-state index contributed by atoms with van der Waals surface area (Å²) in [5.74, 6) is 1.05. The molecule has 0 saturated carbocycles. The Morgan fingerprint density at radius 1 is 1.25 bits per heavy atom. The Labute approximate surface area is 120 Å². The summed E-state index contributed by atoms with van der Waals surface area (Å²) in [5, 5.41) is 6.25. The zero-order valence-electron chi connectivity index (χ0n) is 11.9. The molecule has 1 heterocycles. The molecule has 4 heteroatoms. The van der Waals surface area contributed by atoms with Crippen LogP contribution in [0.1, 0.15) is 32.1 Å². The Kier molecular flexibility index (Phi) is 6.38. The van der Waals surface area contributed by atoms with Gasteiger partial charge in [-0.2, -0.15) is 0 Å². The number of ether oxygens (including phenoxy) is 1. The highest BCUT2D eigenvalue weighted by Crippen LogP contribution is 2.09. The number of unbranched alkanes of at least 4 members (excludes halogenated alkanes) is 1. The first-order valence-electron chi connectivity index (χ1n) is 7.55. The average molecular weight is 276 g/mol. The summed E-state index contributed by atoms with van der Waals surface area (Å²) in [6.07, 6.45) is 5.19. The zero-order valence-corrected chi connectivity index (χ0v) is 11.9. The Balaban J connectivity index is 1.50. The molecule has 1 aliphatic heterocycles. The maximum absolute atomic E-state index is 11.8. The number of amides is 1. The van der Waals surface area contributed by atoms with Crippen LogP contribution in [0.5, 0.6) is 5.75 Å².